The maximum absolute atomic E-state index is 6.01. The third-order valence-corrected chi connectivity index (χ3v) is 2.97. The van der Waals surface area contributed by atoms with E-state index in [0.717, 1.165) is 17.1 Å². The van der Waals surface area contributed by atoms with Gasteiger partial charge >= 0.3 is 0 Å². The zero-order valence-electron chi connectivity index (χ0n) is 9.67. The van der Waals surface area contributed by atoms with Crippen LogP contribution in [0.25, 0.3) is 0 Å². The topological polar surface area (TPSA) is 18.5 Å². The number of rotatable bonds is 1. The quantitative estimate of drug-likeness (QED) is 0.739. The Morgan fingerprint density at radius 1 is 0.765 bits per heavy atom. The Labute approximate surface area is 101 Å². The van der Waals surface area contributed by atoms with Gasteiger partial charge in [-0.15, -0.1) is 0 Å². The van der Waals surface area contributed by atoms with Crippen LogP contribution in [0.2, 0.25) is 0 Å². The normalized spacial score (nSPS) is 22.2. The highest BCUT2D eigenvalue weighted by Gasteiger charge is 2.28. The highest BCUT2D eigenvalue weighted by Crippen LogP contribution is 2.38. The fraction of sp³-hybridized carbons (Fsp3) is 0.200. The molecule has 3 rings (SSSR count). The van der Waals surface area contributed by atoms with E-state index >= 15 is 0 Å². The van der Waals surface area contributed by atoms with E-state index in [1.165, 1.54) is 0 Å². The van der Waals surface area contributed by atoms with Crippen LogP contribution in [0.5, 0.6) is 11.5 Å². The van der Waals surface area contributed by atoms with E-state index in [2.05, 4.69) is 12.1 Å². The van der Waals surface area contributed by atoms with Crippen molar-refractivity contribution in [1.29, 1.82) is 0 Å². The van der Waals surface area contributed by atoms with Crippen LogP contribution in [0.3, 0.4) is 0 Å². The first-order valence-corrected chi connectivity index (χ1v) is 5.82. The Morgan fingerprint density at radius 3 is 2.06 bits per heavy atom. The number of ether oxygens (including phenoxy) is 2. The van der Waals surface area contributed by atoms with E-state index in [9.17, 15) is 0 Å². The van der Waals surface area contributed by atoms with Gasteiger partial charge in [0, 0.05) is 0 Å². The van der Waals surface area contributed by atoms with Crippen molar-refractivity contribution in [3.05, 3.63) is 60.2 Å². The molecule has 1 heterocycles. The number of fused-ring (bicyclic) bond motifs is 1. The van der Waals surface area contributed by atoms with Gasteiger partial charge < -0.3 is 9.47 Å². The van der Waals surface area contributed by atoms with Crippen LogP contribution in [0, 0.1) is 0 Å². The summed E-state index contributed by atoms with van der Waals surface area (Å²) in [6, 6.07) is 18.0. The van der Waals surface area contributed by atoms with Crippen LogP contribution in [0.1, 0.15) is 18.6 Å². The number of hydrogen-bond acceptors (Lipinski definition) is 2. The molecule has 0 radical (unpaired) electrons. The second-order valence-electron chi connectivity index (χ2n) is 4.22. The summed E-state index contributed by atoms with van der Waals surface area (Å²) < 4.78 is 11.9. The van der Waals surface area contributed by atoms with E-state index in [-0.39, 0.29) is 12.2 Å². The molecule has 2 aromatic carbocycles. The average molecular weight is 226 g/mol. The van der Waals surface area contributed by atoms with Gasteiger partial charge in [-0.1, -0.05) is 42.5 Å². The Bertz CT molecular complexity index is 507. The summed E-state index contributed by atoms with van der Waals surface area (Å²) in [5.74, 6) is 1.65. The number of benzene rings is 2. The van der Waals surface area contributed by atoms with Crippen molar-refractivity contribution in [3.63, 3.8) is 0 Å². The molecule has 0 aromatic heterocycles. The fourth-order valence-corrected chi connectivity index (χ4v) is 2.12. The maximum atomic E-state index is 6.01. The Balaban J connectivity index is 1.95. The van der Waals surface area contributed by atoms with Crippen LogP contribution in [0.4, 0.5) is 0 Å². The third kappa shape index (κ3) is 1.86. The van der Waals surface area contributed by atoms with E-state index in [0.29, 0.717) is 0 Å². The Morgan fingerprint density at radius 2 is 1.35 bits per heavy atom. The van der Waals surface area contributed by atoms with Gasteiger partial charge in [-0.25, -0.2) is 0 Å². The molecule has 1 aliphatic heterocycles. The van der Waals surface area contributed by atoms with Gasteiger partial charge in [-0.2, -0.15) is 0 Å². The predicted octanol–water partition coefficient (Wildman–Crippen LogP) is 3.59. The highest BCUT2D eigenvalue weighted by molar-refractivity contribution is 5.42. The summed E-state index contributed by atoms with van der Waals surface area (Å²) in [6.45, 7) is 2.04. The molecule has 2 aromatic rings. The molecule has 86 valence electrons. The van der Waals surface area contributed by atoms with Crippen molar-refractivity contribution < 1.29 is 9.47 Å². The van der Waals surface area contributed by atoms with Crippen molar-refractivity contribution >= 4 is 0 Å². The molecule has 2 heteroatoms. The van der Waals surface area contributed by atoms with Crippen LogP contribution in [0.15, 0.2) is 54.6 Å². The smallest absolute Gasteiger partial charge is 0.162 e. The van der Waals surface area contributed by atoms with Crippen LogP contribution in [-0.4, -0.2) is 6.10 Å². The molecule has 0 saturated carbocycles. The van der Waals surface area contributed by atoms with Crippen LogP contribution in [-0.2, 0) is 0 Å². The Hall–Kier alpha value is -1.96. The molecule has 0 amide bonds. The lowest BCUT2D eigenvalue weighted by molar-refractivity contribution is 0.0307. The highest BCUT2D eigenvalue weighted by atomic mass is 16.6. The summed E-state index contributed by atoms with van der Waals surface area (Å²) >= 11 is 0. The van der Waals surface area contributed by atoms with Gasteiger partial charge in [-0.05, 0) is 24.6 Å². The average Bonchev–Trinajstić information content (AvgIpc) is 2.39. The molecule has 0 bridgehead atoms. The molecule has 0 spiro atoms. The molecule has 2 unspecified atom stereocenters. The largest absolute Gasteiger partial charge is 0.483 e. The number of hydrogen-bond donors (Lipinski definition) is 0. The van der Waals surface area contributed by atoms with Crippen LogP contribution >= 0.6 is 0 Å². The van der Waals surface area contributed by atoms with Crippen molar-refractivity contribution in [2.75, 3.05) is 0 Å². The summed E-state index contributed by atoms with van der Waals surface area (Å²) in [6.07, 6.45) is -0.0154. The molecule has 0 aliphatic carbocycles. The molecule has 2 atom stereocenters. The minimum absolute atomic E-state index is 0.0206. The van der Waals surface area contributed by atoms with E-state index in [1.807, 2.05) is 49.4 Å². The van der Waals surface area contributed by atoms with Crippen molar-refractivity contribution in [3.8, 4) is 11.5 Å². The lowest BCUT2D eigenvalue weighted by Gasteiger charge is -2.32. The lowest BCUT2D eigenvalue weighted by Crippen LogP contribution is -2.30. The first-order valence-electron chi connectivity index (χ1n) is 5.82. The first-order chi connectivity index (χ1) is 8.34. The second-order valence-corrected chi connectivity index (χ2v) is 4.22. The standard InChI is InChI=1S/C15H14O2/c1-11-15(12-7-3-2-4-8-12)17-14-10-6-5-9-13(14)16-11/h2-11,15H,1H3. The van der Waals surface area contributed by atoms with Crippen LogP contribution < -0.4 is 9.47 Å². The zero-order valence-corrected chi connectivity index (χ0v) is 9.67. The number of para-hydroxylation sites is 2. The predicted molar refractivity (Wildman–Crippen MR) is 66.3 cm³/mol. The van der Waals surface area contributed by atoms with Gasteiger partial charge in [-0.3, -0.25) is 0 Å². The monoisotopic (exact) mass is 226 g/mol. The third-order valence-electron chi connectivity index (χ3n) is 2.97. The molecular weight excluding hydrogens is 212 g/mol. The van der Waals surface area contributed by atoms with Gasteiger partial charge in [0.05, 0.1) is 0 Å². The Kier molecular flexibility index (Phi) is 2.48. The lowest BCUT2D eigenvalue weighted by atomic mass is 10.0. The van der Waals surface area contributed by atoms with Crippen molar-refractivity contribution in [2.45, 2.75) is 19.1 Å². The minimum atomic E-state index is -0.0360. The maximum Gasteiger partial charge on any atom is 0.162 e. The van der Waals surface area contributed by atoms with Gasteiger partial charge in [0.25, 0.3) is 0 Å². The van der Waals surface area contributed by atoms with Gasteiger partial charge in [0.1, 0.15) is 6.10 Å². The molecule has 0 N–H and O–H groups in total. The second kappa shape index (κ2) is 4.13. The zero-order chi connectivity index (χ0) is 11.7. The summed E-state index contributed by atoms with van der Waals surface area (Å²) in [5.41, 5.74) is 1.15. The fourth-order valence-electron chi connectivity index (χ4n) is 2.12. The van der Waals surface area contributed by atoms with Gasteiger partial charge in [0.2, 0.25) is 0 Å². The molecule has 0 saturated heterocycles. The van der Waals surface area contributed by atoms with Crippen molar-refractivity contribution in [1.82, 2.24) is 0 Å². The molecule has 1 aliphatic rings. The summed E-state index contributed by atoms with van der Waals surface area (Å²) in [4.78, 5) is 0. The molecule has 2 nitrogen and oxygen atoms in total. The van der Waals surface area contributed by atoms with Crippen molar-refractivity contribution in [2.24, 2.45) is 0 Å². The molecule has 0 fully saturated rings. The summed E-state index contributed by atoms with van der Waals surface area (Å²) in [7, 11) is 0. The minimum Gasteiger partial charge on any atom is -0.483 e. The first kappa shape index (κ1) is 10.2. The SMILES string of the molecule is CC1Oc2ccccc2OC1c1ccccc1. The van der Waals surface area contributed by atoms with E-state index in [1.54, 1.807) is 0 Å². The summed E-state index contributed by atoms with van der Waals surface area (Å²) in [5, 5.41) is 0. The van der Waals surface area contributed by atoms with Gasteiger partial charge in [0.15, 0.2) is 17.6 Å². The van der Waals surface area contributed by atoms with E-state index in [4.69, 9.17) is 9.47 Å². The van der Waals surface area contributed by atoms with E-state index < -0.39 is 0 Å². The molecular formula is C15H14O2. The molecule has 17 heavy (non-hydrogen) atoms.